The van der Waals surface area contributed by atoms with Gasteiger partial charge in [-0.15, -0.1) is 0 Å². The highest BCUT2D eigenvalue weighted by Crippen LogP contribution is 2.31. The van der Waals surface area contributed by atoms with Crippen LogP contribution in [0.5, 0.6) is 5.75 Å². The van der Waals surface area contributed by atoms with E-state index < -0.39 is 10.0 Å². The van der Waals surface area contributed by atoms with Gasteiger partial charge in [-0.2, -0.15) is 0 Å². The topological polar surface area (TPSA) is 72.7 Å². The van der Waals surface area contributed by atoms with Crippen molar-refractivity contribution < 1.29 is 13.2 Å². The van der Waals surface area contributed by atoms with Crippen LogP contribution in [0.3, 0.4) is 0 Å². The van der Waals surface area contributed by atoms with Gasteiger partial charge in [0.1, 0.15) is 11.4 Å². The molecule has 4 rings (SSSR count). The predicted octanol–water partition coefficient (Wildman–Crippen LogP) is 4.26. The van der Waals surface area contributed by atoms with Crippen molar-refractivity contribution in [1.82, 2.24) is 9.38 Å². The van der Waals surface area contributed by atoms with E-state index in [1.54, 1.807) is 12.1 Å². The number of anilines is 1. The molecule has 0 aliphatic heterocycles. The monoisotopic (exact) mass is 407 g/mol. The van der Waals surface area contributed by atoms with E-state index >= 15 is 0 Å². The minimum Gasteiger partial charge on any atom is -0.495 e. The lowest BCUT2D eigenvalue weighted by Crippen LogP contribution is -2.15. The molecule has 0 amide bonds. The number of sulfonamides is 1. The van der Waals surface area contributed by atoms with Gasteiger partial charge >= 0.3 is 0 Å². The fourth-order valence-corrected chi connectivity index (χ4v) is 4.33. The van der Waals surface area contributed by atoms with E-state index in [4.69, 9.17) is 4.74 Å². The molecule has 0 aliphatic rings. The number of hydrogen-bond donors (Lipinski definition) is 1. The van der Waals surface area contributed by atoms with Gasteiger partial charge in [0.05, 0.1) is 24.2 Å². The molecule has 2 heterocycles. The fourth-order valence-electron chi connectivity index (χ4n) is 3.13. The van der Waals surface area contributed by atoms with Crippen LogP contribution in [0.1, 0.15) is 11.1 Å². The van der Waals surface area contributed by atoms with Gasteiger partial charge in [0, 0.05) is 18.0 Å². The summed E-state index contributed by atoms with van der Waals surface area (Å²) in [5, 5.41) is 0. The molecule has 2 aromatic carbocycles. The zero-order valence-corrected chi connectivity index (χ0v) is 17.0. The molecule has 0 saturated carbocycles. The number of aryl methyl sites for hydroxylation is 1. The number of aromatic nitrogens is 2. The maximum absolute atomic E-state index is 12.7. The van der Waals surface area contributed by atoms with E-state index in [0.29, 0.717) is 11.4 Å². The first-order valence-corrected chi connectivity index (χ1v) is 10.8. The van der Waals surface area contributed by atoms with Crippen LogP contribution in [0.25, 0.3) is 16.9 Å². The predicted molar refractivity (Wildman–Crippen MR) is 115 cm³/mol. The Labute approximate surface area is 169 Å². The second-order valence-corrected chi connectivity index (χ2v) is 8.58. The molecule has 0 atom stereocenters. The smallest absolute Gasteiger partial charge is 0.237 e. The van der Waals surface area contributed by atoms with Gasteiger partial charge in [0.2, 0.25) is 10.0 Å². The van der Waals surface area contributed by atoms with Crippen molar-refractivity contribution in [2.75, 3.05) is 11.8 Å². The van der Waals surface area contributed by atoms with E-state index in [1.807, 2.05) is 72.2 Å². The Kier molecular flexibility index (Phi) is 4.98. The second kappa shape index (κ2) is 7.60. The summed E-state index contributed by atoms with van der Waals surface area (Å²) < 4.78 is 35.4. The third-order valence-corrected chi connectivity index (χ3v) is 5.85. The summed E-state index contributed by atoms with van der Waals surface area (Å²) in [6.45, 7) is 1.96. The first kappa shape index (κ1) is 19.0. The van der Waals surface area contributed by atoms with Crippen molar-refractivity contribution in [3.05, 3.63) is 84.2 Å². The van der Waals surface area contributed by atoms with Gasteiger partial charge < -0.3 is 9.14 Å². The van der Waals surface area contributed by atoms with Crippen LogP contribution in [0.4, 0.5) is 5.69 Å². The lowest BCUT2D eigenvalue weighted by molar-refractivity contribution is 0.417. The molecule has 0 spiro atoms. The van der Waals surface area contributed by atoms with Crippen molar-refractivity contribution in [2.24, 2.45) is 0 Å². The maximum Gasteiger partial charge on any atom is 0.237 e. The number of rotatable bonds is 6. The molecule has 6 nitrogen and oxygen atoms in total. The Morgan fingerprint density at radius 2 is 1.86 bits per heavy atom. The number of ether oxygens (including phenoxy) is 1. The third kappa shape index (κ3) is 4.25. The van der Waals surface area contributed by atoms with E-state index in [2.05, 4.69) is 9.71 Å². The quantitative estimate of drug-likeness (QED) is 0.518. The Bertz CT molecular complexity index is 1230. The van der Waals surface area contributed by atoms with Gasteiger partial charge in [-0.1, -0.05) is 35.9 Å². The van der Waals surface area contributed by atoms with Crippen LogP contribution in [-0.4, -0.2) is 24.9 Å². The molecular formula is C22H21N3O3S. The summed E-state index contributed by atoms with van der Waals surface area (Å²) in [6, 6.07) is 18.5. The summed E-state index contributed by atoms with van der Waals surface area (Å²) in [6.07, 6.45) is 3.82. The van der Waals surface area contributed by atoms with Crippen LogP contribution in [-0.2, 0) is 15.8 Å². The number of pyridine rings is 1. The normalized spacial score (nSPS) is 11.5. The zero-order chi connectivity index (χ0) is 20.4. The molecule has 0 saturated heterocycles. The molecule has 0 bridgehead atoms. The van der Waals surface area contributed by atoms with Crippen LogP contribution in [0.15, 0.2) is 73.1 Å². The molecule has 7 heteroatoms. The number of methoxy groups -OCH3 is 1. The van der Waals surface area contributed by atoms with Crippen molar-refractivity contribution >= 4 is 21.4 Å². The Morgan fingerprint density at radius 1 is 1.07 bits per heavy atom. The third-order valence-electron chi connectivity index (χ3n) is 4.60. The minimum absolute atomic E-state index is 0.116. The number of benzene rings is 2. The molecule has 0 aliphatic carbocycles. The van der Waals surface area contributed by atoms with Crippen molar-refractivity contribution in [2.45, 2.75) is 12.7 Å². The number of fused-ring (bicyclic) bond motifs is 1. The first-order valence-electron chi connectivity index (χ1n) is 9.12. The first-order chi connectivity index (χ1) is 13.9. The van der Waals surface area contributed by atoms with Crippen molar-refractivity contribution in [3.8, 4) is 17.0 Å². The van der Waals surface area contributed by atoms with Crippen LogP contribution in [0, 0.1) is 6.92 Å². The van der Waals surface area contributed by atoms with Gasteiger partial charge in [0.25, 0.3) is 0 Å². The Balaban J connectivity index is 1.65. The molecule has 1 N–H and O–H groups in total. The van der Waals surface area contributed by atoms with E-state index in [1.165, 1.54) is 7.11 Å². The van der Waals surface area contributed by atoms with Gasteiger partial charge in [-0.3, -0.25) is 4.72 Å². The molecule has 148 valence electrons. The summed E-state index contributed by atoms with van der Waals surface area (Å²) in [4.78, 5) is 4.60. The van der Waals surface area contributed by atoms with Crippen LogP contribution < -0.4 is 9.46 Å². The van der Waals surface area contributed by atoms with E-state index in [-0.39, 0.29) is 5.75 Å². The SMILES string of the molecule is COc1ccc(-c2cn3ccccc3n2)cc1NS(=O)(=O)Cc1ccc(C)cc1. The van der Waals surface area contributed by atoms with Gasteiger partial charge in [-0.05, 0) is 42.8 Å². The van der Waals surface area contributed by atoms with E-state index in [0.717, 1.165) is 28.0 Å². The van der Waals surface area contributed by atoms with Gasteiger partial charge in [0.15, 0.2) is 0 Å². The molecular weight excluding hydrogens is 386 g/mol. The second-order valence-electron chi connectivity index (χ2n) is 6.85. The molecule has 29 heavy (non-hydrogen) atoms. The lowest BCUT2D eigenvalue weighted by atomic mass is 10.1. The molecule has 2 aromatic heterocycles. The Morgan fingerprint density at radius 3 is 2.59 bits per heavy atom. The average Bonchev–Trinajstić information content (AvgIpc) is 3.13. The average molecular weight is 407 g/mol. The highest BCUT2D eigenvalue weighted by atomic mass is 32.2. The highest BCUT2D eigenvalue weighted by Gasteiger charge is 2.16. The summed E-state index contributed by atoms with van der Waals surface area (Å²) in [5.41, 5.74) is 4.55. The summed E-state index contributed by atoms with van der Waals surface area (Å²) in [5.74, 6) is 0.333. The van der Waals surface area contributed by atoms with Crippen molar-refractivity contribution in [3.63, 3.8) is 0 Å². The summed E-state index contributed by atoms with van der Waals surface area (Å²) >= 11 is 0. The van der Waals surface area contributed by atoms with Crippen LogP contribution >= 0.6 is 0 Å². The molecule has 0 fully saturated rings. The largest absolute Gasteiger partial charge is 0.495 e. The number of nitrogens with one attached hydrogen (secondary N) is 1. The minimum atomic E-state index is -3.61. The lowest BCUT2D eigenvalue weighted by Gasteiger charge is -2.13. The van der Waals surface area contributed by atoms with Gasteiger partial charge in [-0.25, -0.2) is 13.4 Å². The standard InChI is InChI=1S/C22H21N3O3S/c1-16-6-8-17(9-7-16)15-29(26,27)24-19-13-18(10-11-21(19)28-2)20-14-25-12-4-3-5-22(25)23-20/h3-14,24H,15H2,1-2H3. The zero-order valence-electron chi connectivity index (χ0n) is 16.2. The maximum atomic E-state index is 12.7. The highest BCUT2D eigenvalue weighted by molar-refractivity contribution is 7.91. The molecule has 0 radical (unpaired) electrons. The van der Waals surface area contributed by atoms with Crippen molar-refractivity contribution in [1.29, 1.82) is 0 Å². The Hall–Kier alpha value is -3.32. The number of imidazole rings is 1. The summed E-state index contributed by atoms with van der Waals surface area (Å²) in [7, 11) is -2.10. The number of nitrogens with zero attached hydrogens (tertiary/aromatic N) is 2. The number of hydrogen-bond acceptors (Lipinski definition) is 4. The van der Waals surface area contributed by atoms with Crippen LogP contribution in [0.2, 0.25) is 0 Å². The van der Waals surface area contributed by atoms with E-state index in [9.17, 15) is 8.42 Å². The fraction of sp³-hybridized carbons (Fsp3) is 0.136. The molecule has 0 unspecified atom stereocenters. The molecule has 4 aromatic rings.